The zero-order valence-electron chi connectivity index (χ0n) is 34.9. The Morgan fingerprint density at radius 3 is 2.10 bits per heavy atom. The molecule has 1 aliphatic carbocycles. The van der Waals surface area contributed by atoms with Crippen molar-refractivity contribution in [3.05, 3.63) is 150 Å². The SMILES string of the molecule is CC(C)(C)c1ccc(N2c3cc4ccccc4c4c3B(c3sc5cc6c(cc5c32)C(C)(C)CCC6(C)C)N2c3ccccc3Sc3cccc-4c32)c(-c2ccccc2)c1. The summed E-state index contributed by atoms with van der Waals surface area (Å²) in [5, 5.41) is 3.96. The molecule has 59 heavy (non-hydrogen) atoms. The Morgan fingerprint density at radius 2 is 1.31 bits per heavy atom. The molecule has 0 fully saturated rings. The number of fused-ring (bicyclic) bond motifs is 11. The minimum absolute atomic E-state index is 0.00368. The van der Waals surface area contributed by atoms with Crippen molar-refractivity contribution in [1.82, 2.24) is 0 Å². The minimum atomic E-state index is -0.00403. The monoisotopic (exact) mass is 798 g/mol. The van der Waals surface area contributed by atoms with Gasteiger partial charge in [0.1, 0.15) is 0 Å². The van der Waals surface area contributed by atoms with Crippen molar-refractivity contribution in [2.75, 3.05) is 9.71 Å². The largest absolute Gasteiger partial charge is 0.374 e. The number of hydrogen-bond acceptors (Lipinski definition) is 4. The predicted molar refractivity (Wildman–Crippen MR) is 257 cm³/mol. The van der Waals surface area contributed by atoms with Crippen molar-refractivity contribution in [2.24, 2.45) is 0 Å². The molecule has 5 heteroatoms. The van der Waals surface area contributed by atoms with Gasteiger partial charge in [-0.25, -0.2) is 0 Å². The van der Waals surface area contributed by atoms with Crippen LogP contribution in [0, 0.1) is 0 Å². The lowest BCUT2D eigenvalue weighted by Gasteiger charge is -2.47. The molecule has 0 N–H and O–H groups in total. The molecule has 0 spiro atoms. The molecular formula is C54H47BN2S2. The van der Waals surface area contributed by atoms with E-state index in [9.17, 15) is 0 Å². The summed E-state index contributed by atoms with van der Waals surface area (Å²) in [7, 11) is 0. The van der Waals surface area contributed by atoms with Gasteiger partial charge in [0.05, 0.1) is 17.1 Å². The standard InChI is InChI=1S/C54H47BN2S2/c1-52(2,3)34-24-25-41(37(29-34)32-16-9-8-10-17-32)56-43-28-33-18-11-12-19-35(33)47-36-20-15-23-45-49(36)57(42-21-13-14-22-44(42)58-45)55(48(43)47)51-50(56)38-30-39-40(31-46(38)59-51)54(6,7)27-26-53(39,4)5/h8-25,28-31H,26-27H2,1-7H3. The molecule has 0 atom stereocenters. The maximum Gasteiger partial charge on any atom is 0.343 e. The van der Waals surface area contributed by atoms with Crippen LogP contribution in [-0.4, -0.2) is 6.85 Å². The minimum Gasteiger partial charge on any atom is -0.374 e. The van der Waals surface area contributed by atoms with Gasteiger partial charge in [0.2, 0.25) is 0 Å². The van der Waals surface area contributed by atoms with Crippen molar-refractivity contribution in [1.29, 1.82) is 0 Å². The van der Waals surface area contributed by atoms with E-state index in [0.717, 1.165) is 0 Å². The fourth-order valence-electron chi connectivity index (χ4n) is 10.8. The van der Waals surface area contributed by atoms with E-state index in [1.807, 2.05) is 23.1 Å². The van der Waals surface area contributed by atoms with Crippen molar-refractivity contribution in [3.8, 4) is 22.3 Å². The van der Waals surface area contributed by atoms with Crippen molar-refractivity contribution >= 4 is 89.5 Å². The molecule has 0 bridgehead atoms. The zero-order chi connectivity index (χ0) is 40.2. The van der Waals surface area contributed by atoms with Gasteiger partial charge in [-0.3, -0.25) is 0 Å². The number of nitrogens with zero attached hydrogens (tertiary/aromatic N) is 2. The van der Waals surface area contributed by atoms with E-state index in [4.69, 9.17) is 0 Å². The third kappa shape index (κ3) is 5.01. The zero-order valence-corrected chi connectivity index (χ0v) is 36.5. The Balaban J connectivity index is 1.27. The van der Waals surface area contributed by atoms with Gasteiger partial charge in [-0.2, -0.15) is 0 Å². The molecule has 288 valence electrons. The molecule has 0 saturated heterocycles. The summed E-state index contributed by atoms with van der Waals surface area (Å²) in [5.41, 5.74) is 17.6. The number of anilines is 5. The molecule has 3 aliphatic heterocycles. The first-order valence-electron chi connectivity index (χ1n) is 21.3. The molecule has 4 aliphatic rings. The van der Waals surface area contributed by atoms with Crippen LogP contribution < -0.4 is 20.0 Å². The van der Waals surface area contributed by atoms with Gasteiger partial charge in [0.15, 0.2) is 0 Å². The Labute approximate surface area is 357 Å². The van der Waals surface area contributed by atoms with E-state index in [-0.39, 0.29) is 23.1 Å². The van der Waals surface area contributed by atoms with E-state index in [2.05, 4.69) is 192 Å². The lowest BCUT2D eigenvalue weighted by Crippen LogP contribution is -2.61. The van der Waals surface area contributed by atoms with E-state index in [1.165, 1.54) is 121 Å². The lowest BCUT2D eigenvalue weighted by molar-refractivity contribution is 0.332. The van der Waals surface area contributed by atoms with Crippen molar-refractivity contribution in [3.63, 3.8) is 0 Å². The van der Waals surface area contributed by atoms with Crippen LogP contribution in [0.25, 0.3) is 43.1 Å². The van der Waals surface area contributed by atoms with Crippen LogP contribution in [0.4, 0.5) is 28.4 Å². The van der Waals surface area contributed by atoms with E-state index in [0.29, 0.717) is 0 Å². The van der Waals surface area contributed by atoms with Gasteiger partial charge in [-0.15, -0.1) is 11.3 Å². The maximum absolute atomic E-state index is 2.73. The molecule has 12 rings (SSSR count). The summed E-state index contributed by atoms with van der Waals surface area (Å²) in [6.07, 6.45) is 2.38. The highest BCUT2D eigenvalue weighted by Crippen LogP contribution is 2.59. The summed E-state index contributed by atoms with van der Waals surface area (Å²) in [6, 6.07) is 51.4. The maximum atomic E-state index is 2.73. The highest BCUT2D eigenvalue weighted by molar-refractivity contribution is 7.99. The number of benzene rings is 7. The molecule has 8 aromatic rings. The molecule has 0 amide bonds. The van der Waals surface area contributed by atoms with Crippen LogP contribution in [0.5, 0.6) is 0 Å². The summed E-state index contributed by atoms with van der Waals surface area (Å²) in [4.78, 5) is 8.08. The molecule has 0 unspecified atom stereocenters. The molecule has 0 radical (unpaired) electrons. The average molecular weight is 799 g/mol. The number of thiophene rings is 1. The molecule has 4 heterocycles. The Bertz CT molecular complexity index is 3100. The summed E-state index contributed by atoms with van der Waals surface area (Å²) in [5.74, 6) is 0. The summed E-state index contributed by atoms with van der Waals surface area (Å²) in [6.45, 7) is 16.9. The second-order valence-electron chi connectivity index (χ2n) is 19.6. The van der Waals surface area contributed by atoms with Crippen molar-refractivity contribution < 1.29 is 0 Å². The first-order chi connectivity index (χ1) is 28.4. The lowest BCUT2D eigenvalue weighted by atomic mass is 9.46. The molecule has 7 aromatic carbocycles. The van der Waals surface area contributed by atoms with Gasteiger partial charge in [-0.05, 0) is 122 Å². The number of rotatable bonds is 2. The second-order valence-corrected chi connectivity index (χ2v) is 21.7. The van der Waals surface area contributed by atoms with Gasteiger partial charge in [0, 0.05) is 47.2 Å². The summed E-state index contributed by atoms with van der Waals surface area (Å²) < 4.78 is 2.80. The number of hydrogen-bond donors (Lipinski definition) is 0. The smallest absolute Gasteiger partial charge is 0.343 e. The number of para-hydroxylation sites is 2. The van der Waals surface area contributed by atoms with Crippen LogP contribution in [0.1, 0.15) is 78.0 Å². The van der Waals surface area contributed by atoms with Gasteiger partial charge < -0.3 is 9.71 Å². The fourth-order valence-corrected chi connectivity index (χ4v) is 13.2. The normalized spacial score (nSPS) is 16.7. The van der Waals surface area contributed by atoms with Crippen LogP contribution in [0.2, 0.25) is 0 Å². The van der Waals surface area contributed by atoms with E-state index in [1.54, 1.807) is 0 Å². The third-order valence-corrected chi connectivity index (χ3v) is 16.3. The van der Waals surface area contributed by atoms with Crippen LogP contribution in [0.3, 0.4) is 0 Å². The first kappa shape index (κ1) is 35.7. The predicted octanol–water partition coefficient (Wildman–Crippen LogP) is 14.5. The van der Waals surface area contributed by atoms with Gasteiger partial charge >= 0.3 is 6.85 Å². The highest BCUT2D eigenvalue weighted by Gasteiger charge is 2.50. The molecular weight excluding hydrogens is 752 g/mol. The second kappa shape index (κ2) is 12.2. The molecule has 1 aromatic heterocycles. The quantitative estimate of drug-likeness (QED) is 0.161. The van der Waals surface area contributed by atoms with Crippen LogP contribution in [0.15, 0.2) is 143 Å². The average Bonchev–Trinajstić information content (AvgIpc) is 3.61. The van der Waals surface area contributed by atoms with Crippen molar-refractivity contribution in [2.45, 2.75) is 87.3 Å². The van der Waals surface area contributed by atoms with Gasteiger partial charge in [0.25, 0.3) is 0 Å². The third-order valence-electron chi connectivity index (χ3n) is 14.0. The molecule has 2 nitrogen and oxygen atoms in total. The Hall–Kier alpha value is -5.23. The summed E-state index contributed by atoms with van der Waals surface area (Å²) >= 11 is 3.95. The van der Waals surface area contributed by atoms with E-state index < -0.39 is 0 Å². The Kier molecular flexibility index (Phi) is 7.37. The first-order valence-corrected chi connectivity index (χ1v) is 22.9. The fraction of sp³-hybridized carbons (Fsp3) is 0.222. The molecule has 0 saturated carbocycles. The van der Waals surface area contributed by atoms with Gasteiger partial charge in [-0.1, -0.05) is 145 Å². The van der Waals surface area contributed by atoms with Crippen LogP contribution in [-0.2, 0) is 16.2 Å². The van der Waals surface area contributed by atoms with E-state index >= 15 is 0 Å². The topological polar surface area (TPSA) is 6.48 Å². The highest BCUT2D eigenvalue weighted by atomic mass is 32.2. The Morgan fingerprint density at radius 1 is 0.593 bits per heavy atom. The van der Waals surface area contributed by atoms with Crippen LogP contribution >= 0.6 is 23.1 Å².